The molecule has 0 radical (unpaired) electrons. The van der Waals surface area contributed by atoms with Crippen molar-refractivity contribution in [2.75, 3.05) is 17.2 Å². The van der Waals surface area contributed by atoms with E-state index in [-0.39, 0.29) is 5.91 Å². The number of nitrogens with two attached hydrogens (primary N) is 1. The van der Waals surface area contributed by atoms with Crippen LogP contribution in [0.4, 0.5) is 11.4 Å². The second-order valence-corrected chi connectivity index (χ2v) is 7.24. The summed E-state index contributed by atoms with van der Waals surface area (Å²) in [5, 5.41) is 2.06. The normalized spacial score (nSPS) is 14.4. The second-order valence-electron chi connectivity index (χ2n) is 5.21. The lowest BCUT2D eigenvalue weighted by atomic mass is 10.0. The molecule has 1 aliphatic heterocycles. The summed E-state index contributed by atoms with van der Waals surface area (Å²) in [6.45, 7) is 0.779. The molecule has 0 atom stereocenters. The van der Waals surface area contributed by atoms with Gasteiger partial charge in [0, 0.05) is 27.3 Å². The number of fused-ring (bicyclic) bond motifs is 2. The Labute approximate surface area is 130 Å². The Bertz CT molecular complexity index is 805. The van der Waals surface area contributed by atoms with Crippen LogP contribution in [-0.4, -0.2) is 12.5 Å². The molecule has 1 aliphatic rings. The molecule has 0 saturated carbocycles. The van der Waals surface area contributed by atoms with Gasteiger partial charge in [-0.1, -0.05) is 0 Å². The molecule has 0 aliphatic carbocycles. The van der Waals surface area contributed by atoms with Gasteiger partial charge >= 0.3 is 0 Å². The summed E-state index contributed by atoms with van der Waals surface area (Å²) < 4.78 is 2.38. The minimum absolute atomic E-state index is 0.106. The van der Waals surface area contributed by atoms with E-state index < -0.39 is 0 Å². The number of thiophene rings is 2. The number of hydrogen-bond acceptors (Lipinski definition) is 4. The van der Waals surface area contributed by atoms with Crippen LogP contribution in [0.5, 0.6) is 0 Å². The maximum absolute atomic E-state index is 12.8. The van der Waals surface area contributed by atoms with E-state index in [1.165, 1.54) is 15.0 Å². The first-order chi connectivity index (χ1) is 10.2. The average Bonchev–Trinajstić information content (AvgIpc) is 3.06. The monoisotopic (exact) mass is 314 g/mol. The van der Waals surface area contributed by atoms with Crippen molar-refractivity contribution in [3.63, 3.8) is 0 Å². The zero-order valence-electron chi connectivity index (χ0n) is 11.3. The topological polar surface area (TPSA) is 46.3 Å². The van der Waals surface area contributed by atoms with Crippen LogP contribution in [0.3, 0.4) is 0 Å². The molecular weight excluding hydrogens is 300 g/mol. The van der Waals surface area contributed by atoms with Crippen molar-refractivity contribution < 1.29 is 4.79 Å². The summed E-state index contributed by atoms with van der Waals surface area (Å²) in [5.74, 6) is 0.106. The summed E-state index contributed by atoms with van der Waals surface area (Å²) >= 11 is 3.26. The van der Waals surface area contributed by atoms with Gasteiger partial charge < -0.3 is 10.6 Å². The zero-order valence-corrected chi connectivity index (χ0v) is 13.0. The van der Waals surface area contributed by atoms with E-state index in [0.717, 1.165) is 35.6 Å². The minimum Gasteiger partial charge on any atom is -0.399 e. The summed E-state index contributed by atoms with van der Waals surface area (Å²) in [7, 11) is 0. The lowest BCUT2D eigenvalue weighted by Gasteiger charge is -2.29. The molecule has 3 heterocycles. The van der Waals surface area contributed by atoms with E-state index in [9.17, 15) is 4.79 Å². The number of anilines is 2. The molecule has 1 aromatic carbocycles. The molecule has 2 aromatic heterocycles. The van der Waals surface area contributed by atoms with Crippen LogP contribution in [0.1, 0.15) is 21.7 Å². The van der Waals surface area contributed by atoms with Gasteiger partial charge in [0.25, 0.3) is 5.91 Å². The number of aryl methyl sites for hydroxylation is 1. The first-order valence-corrected chi connectivity index (χ1v) is 8.59. The molecule has 3 aromatic rings. The van der Waals surface area contributed by atoms with Crippen LogP contribution < -0.4 is 10.6 Å². The number of nitrogen functional groups attached to an aromatic ring is 1. The van der Waals surface area contributed by atoms with Crippen LogP contribution in [0.25, 0.3) is 9.40 Å². The predicted octanol–water partition coefficient (Wildman–Crippen LogP) is 4.14. The predicted molar refractivity (Wildman–Crippen MR) is 90.6 cm³/mol. The largest absolute Gasteiger partial charge is 0.399 e. The molecule has 0 unspecified atom stereocenters. The van der Waals surface area contributed by atoms with Gasteiger partial charge in [0.1, 0.15) is 0 Å². The van der Waals surface area contributed by atoms with Gasteiger partial charge in [0.15, 0.2) is 0 Å². The molecule has 0 bridgehead atoms. The molecule has 4 rings (SSSR count). The number of amides is 1. The van der Waals surface area contributed by atoms with E-state index in [1.807, 2.05) is 29.2 Å². The first kappa shape index (κ1) is 12.9. The van der Waals surface area contributed by atoms with Crippen molar-refractivity contribution in [3.05, 3.63) is 46.2 Å². The summed E-state index contributed by atoms with van der Waals surface area (Å²) in [6, 6.07) is 9.92. The maximum atomic E-state index is 12.8. The summed E-state index contributed by atoms with van der Waals surface area (Å²) in [5.41, 5.74) is 8.80. The minimum atomic E-state index is 0.106. The average molecular weight is 314 g/mol. The van der Waals surface area contributed by atoms with Gasteiger partial charge in [0.05, 0.1) is 4.88 Å². The van der Waals surface area contributed by atoms with Crippen molar-refractivity contribution >= 4 is 49.4 Å². The summed E-state index contributed by atoms with van der Waals surface area (Å²) in [4.78, 5) is 15.5. The highest BCUT2D eigenvalue weighted by Gasteiger charge is 2.25. The van der Waals surface area contributed by atoms with Crippen LogP contribution in [0.15, 0.2) is 35.7 Å². The molecular formula is C16H14N2OS2. The Morgan fingerprint density at radius 3 is 2.95 bits per heavy atom. The van der Waals surface area contributed by atoms with E-state index >= 15 is 0 Å². The van der Waals surface area contributed by atoms with Gasteiger partial charge in [-0.25, -0.2) is 0 Å². The highest BCUT2D eigenvalue weighted by molar-refractivity contribution is 7.27. The number of nitrogens with zero attached hydrogens (tertiary/aromatic N) is 1. The highest BCUT2D eigenvalue weighted by atomic mass is 32.1. The third-order valence-electron chi connectivity index (χ3n) is 3.82. The molecule has 0 fully saturated rings. The second kappa shape index (κ2) is 4.86. The Morgan fingerprint density at radius 2 is 2.10 bits per heavy atom. The summed E-state index contributed by atoms with van der Waals surface area (Å²) in [6.07, 6.45) is 1.98. The van der Waals surface area contributed by atoms with Gasteiger partial charge in [-0.2, -0.15) is 0 Å². The van der Waals surface area contributed by atoms with Crippen LogP contribution in [0.2, 0.25) is 0 Å². The molecule has 106 valence electrons. The number of benzene rings is 1. The smallest absolute Gasteiger partial charge is 0.268 e. The molecule has 1 amide bonds. The molecule has 0 spiro atoms. The Kier molecular flexibility index (Phi) is 2.97. The van der Waals surface area contributed by atoms with E-state index in [4.69, 9.17) is 5.73 Å². The van der Waals surface area contributed by atoms with E-state index in [2.05, 4.69) is 11.4 Å². The molecule has 0 saturated heterocycles. The fourth-order valence-corrected chi connectivity index (χ4v) is 4.89. The Hall–Kier alpha value is -1.85. The zero-order chi connectivity index (χ0) is 14.4. The van der Waals surface area contributed by atoms with Gasteiger partial charge in [-0.15, -0.1) is 22.7 Å². The number of rotatable bonds is 1. The van der Waals surface area contributed by atoms with Crippen LogP contribution >= 0.6 is 22.7 Å². The molecule has 3 nitrogen and oxygen atoms in total. The standard InChI is InChI=1S/C16H14N2OS2/c17-11-3-4-12-10(8-11)2-1-6-18(12)16(19)15-9-14-13(21-15)5-7-20-14/h3-5,7-9H,1-2,6,17H2. The van der Waals surface area contributed by atoms with E-state index in [1.54, 1.807) is 22.7 Å². The highest BCUT2D eigenvalue weighted by Crippen LogP contribution is 2.34. The fourth-order valence-electron chi connectivity index (χ4n) is 2.83. The number of carbonyl (C=O) groups is 1. The van der Waals surface area contributed by atoms with Crippen molar-refractivity contribution in [2.24, 2.45) is 0 Å². The van der Waals surface area contributed by atoms with Crippen LogP contribution in [0, 0.1) is 0 Å². The lowest BCUT2D eigenvalue weighted by molar-refractivity contribution is 0.0989. The van der Waals surface area contributed by atoms with Gasteiger partial charge in [-0.3, -0.25) is 4.79 Å². The Morgan fingerprint density at radius 1 is 1.19 bits per heavy atom. The van der Waals surface area contributed by atoms with Crippen LogP contribution in [-0.2, 0) is 6.42 Å². The SMILES string of the molecule is Nc1ccc2c(c1)CCCN2C(=O)c1cc2sccc2s1. The van der Waals surface area contributed by atoms with Crippen molar-refractivity contribution in [1.82, 2.24) is 0 Å². The first-order valence-electron chi connectivity index (χ1n) is 6.90. The third-order valence-corrected chi connectivity index (χ3v) is 5.90. The number of hydrogen-bond donors (Lipinski definition) is 1. The quantitative estimate of drug-likeness (QED) is 0.686. The lowest BCUT2D eigenvalue weighted by Crippen LogP contribution is -2.35. The van der Waals surface area contributed by atoms with Crippen molar-refractivity contribution in [2.45, 2.75) is 12.8 Å². The van der Waals surface area contributed by atoms with Crippen molar-refractivity contribution in [1.29, 1.82) is 0 Å². The molecule has 2 N–H and O–H groups in total. The number of carbonyl (C=O) groups excluding carboxylic acids is 1. The maximum Gasteiger partial charge on any atom is 0.268 e. The van der Waals surface area contributed by atoms with Gasteiger partial charge in [0.2, 0.25) is 0 Å². The van der Waals surface area contributed by atoms with E-state index in [0.29, 0.717) is 0 Å². The molecule has 5 heteroatoms. The van der Waals surface area contributed by atoms with Gasteiger partial charge in [-0.05, 0) is 54.1 Å². The Balaban J connectivity index is 1.74. The third kappa shape index (κ3) is 2.13. The molecule has 21 heavy (non-hydrogen) atoms. The fraction of sp³-hybridized carbons (Fsp3) is 0.188. The van der Waals surface area contributed by atoms with Crippen molar-refractivity contribution in [3.8, 4) is 0 Å².